The van der Waals surface area contributed by atoms with Crippen LogP contribution in [-0.2, 0) is 16.0 Å². The highest BCUT2D eigenvalue weighted by atomic mass is 32.1. The van der Waals surface area contributed by atoms with Crippen LogP contribution < -0.4 is 5.73 Å². The molecule has 0 aliphatic carbocycles. The Morgan fingerprint density at radius 2 is 1.71 bits per heavy atom. The molecule has 5 aromatic rings. The van der Waals surface area contributed by atoms with Crippen molar-refractivity contribution in [2.75, 3.05) is 18.8 Å². The standard InChI is InChI=1S/C30H28N4O2S2.C2HF3O2/c1-19-28(29(33-36-19)23-5-2-4-22(16-23)20-7-9-24(31)10-8-20)26-18-38-30(32-26)21-11-13-34(14-12-21)27(35)17-25-6-3-15-37-25;3-2(4,5)1(6)7/h2-10,15-16,18,21H,11-14,17,31H2,1H3;(H,6,7). The lowest BCUT2D eigenvalue weighted by Gasteiger charge is -2.31. The SMILES string of the molecule is Cc1onc(-c2cccc(-c3ccc(N)cc3)c2)c1-c1csc(C2CCN(C(=O)Cc3cccs3)CC2)n1.O=C(O)C(F)(F)F. The molecule has 3 N–H and O–H groups in total. The smallest absolute Gasteiger partial charge is 0.475 e. The van der Waals surface area contributed by atoms with Crippen LogP contribution in [0.15, 0.2) is 75.9 Å². The zero-order chi connectivity index (χ0) is 32.1. The number of rotatable bonds is 6. The molecule has 234 valence electrons. The number of alkyl halides is 3. The van der Waals surface area contributed by atoms with Crippen molar-refractivity contribution in [3.63, 3.8) is 0 Å². The molecule has 0 bridgehead atoms. The summed E-state index contributed by atoms with van der Waals surface area (Å²) in [5.74, 6) is -1.43. The number of hydrogen-bond donors (Lipinski definition) is 2. The number of halogens is 3. The number of nitrogen functional groups attached to an aromatic ring is 1. The molecular formula is C32H29F3N4O4S2. The maximum Gasteiger partial charge on any atom is 0.490 e. The van der Waals surface area contributed by atoms with Gasteiger partial charge in [0.15, 0.2) is 0 Å². The average molecular weight is 655 g/mol. The predicted octanol–water partition coefficient (Wildman–Crippen LogP) is 7.67. The largest absolute Gasteiger partial charge is 0.490 e. The number of aryl methyl sites for hydroxylation is 1. The van der Waals surface area contributed by atoms with Crippen LogP contribution in [-0.4, -0.2) is 51.3 Å². The van der Waals surface area contributed by atoms with Gasteiger partial charge in [0.2, 0.25) is 5.91 Å². The topological polar surface area (TPSA) is 123 Å². The van der Waals surface area contributed by atoms with Gasteiger partial charge in [-0.15, -0.1) is 22.7 Å². The second kappa shape index (κ2) is 13.7. The van der Waals surface area contributed by atoms with E-state index in [4.69, 9.17) is 25.1 Å². The zero-order valence-electron chi connectivity index (χ0n) is 24.1. The minimum Gasteiger partial charge on any atom is -0.475 e. The number of piperidine rings is 1. The van der Waals surface area contributed by atoms with Gasteiger partial charge >= 0.3 is 12.1 Å². The van der Waals surface area contributed by atoms with Gasteiger partial charge < -0.3 is 20.3 Å². The lowest BCUT2D eigenvalue weighted by Crippen LogP contribution is -2.38. The molecule has 6 rings (SSSR count). The van der Waals surface area contributed by atoms with Crippen molar-refractivity contribution >= 4 is 40.2 Å². The molecule has 3 aromatic heterocycles. The van der Waals surface area contributed by atoms with Gasteiger partial charge in [-0.25, -0.2) is 9.78 Å². The summed E-state index contributed by atoms with van der Waals surface area (Å²) in [6, 6.07) is 20.2. The first kappa shape index (κ1) is 31.9. The van der Waals surface area contributed by atoms with Gasteiger partial charge in [-0.05, 0) is 60.5 Å². The molecule has 1 amide bonds. The van der Waals surface area contributed by atoms with Crippen molar-refractivity contribution in [1.82, 2.24) is 15.0 Å². The number of nitrogens with zero attached hydrogens (tertiary/aromatic N) is 3. The van der Waals surface area contributed by atoms with E-state index >= 15 is 0 Å². The van der Waals surface area contributed by atoms with Crippen molar-refractivity contribution < 1.29 is 32.4 Å². The fourth-order valence-corrected chi connectivity index (χ4v) is 6.71. The van der Waals surface area contributed by atoms with Gasteiger partial charge in [0.05, 0.1) is 22.7 Å². The molecule has 1 aliphatic rings. The molecule has 0 atom stereocenters. The Hall–Kier alpha value is -4.49. The number of carboxylic acids is 1. The maximum absolute atomic E-state index is 12.7. The normalized spacial score (nSPS) is 13.7. The molecule has 8 nitrogen and oxygen atoms in total. The summed E-state index contributed by atoms with van der Waals surface area (Å²) < 4.78 is 37.4. The van der Waals surface area contributed by atoms with Crippen molar-refractivity contribution in [1.29, 1.82) is 0 Å². The van der Waals surface area contributed by atoms with Gasteiger partial charge in [-0.3, -0.25) is 4.79 Å². The van der Waals surface area contributed by atoms with Crippen LogP contribution in [0.5, 0.6) is 0 Å². The van der Waals surface area contributed by atoms with Gasteiger partial charge in [0.25, 0.3) is 0 Å². The molecule has 2 aromatic carbocycles. The number of benzene rings is 2. The Balaban J connectivity index is 0.000000515. The monoisotopic (exact) mass is 654 g/mol. The highest BCUT2D eigenvalue weighted by Gasteiger charge is 2.38. The molecule has 4 heterocycles. The van der Waals surface area contributed by atoms with E-state index in [1.54, 1.807) is 22.7 Å². The lowest BCUT2D eigenvalue weighted by atomic mass is 9.97. The van der Waals surface area contributed by atoms with Crippen LogP contribution in [0.3, 0.4) is 0 Å². The zero-order valence-corrected chi connectivity index (χ0v) is 25.7. The summed E-state index contributed by atoms with van der Waals surface area (Å²) in [5, 5.41) is 16.8. The highest BCUT2D eigenvalue weighted by molar-refractivity contribution is 7.10. The number of aromatic nitrogens is 2. The summed E-state index contributed by atoms with van der Waals surface area (Å²) in [5.41, 5.74) is 12.4. The number of likely N-dealkylation sites (tertiary alicyclic amines) is 1. The molecule has 0 saturated carbocycles. The number of carboxylic acid groups (broad SMARTS) is 1. The molecule has 13 heteroatoms. The van der Waals surface area contributed by atoms with Gasteiger partial charge in [-0.1, -0.05) is 41.6 Å². The third-order valence-corrected chi connectivity index (χ3v) is 9.25. The number of anilines is 1. The first-order valence-electron chi connectivity index (χ1n) is 14.0. The van der Waals surface area contributed by atoms with Crippen molar-refractivity contribution in [2.24, 2.45) is 0 Å². The third kappa shape index (κ3) is 7.78. The van der Waals surface area contributed by atoms with Crippen molar-refractivity contribution in [3.8, 4) is 33.6 Å². The van der Waals surface area contributed by atoms with E-state index in [0.717, 1.165) is 80.9 Å². The van der Waals surface area contributed by atoms with E-state index in [1.807, 2.05) is 59.7 Å². The number of nitrogens with two attached hydrogens (primary N) is 1. The van der Waals surface area contributed by atoms with Crippen LogP contribution in [0.1, 0.15) is 34.4 Å². The number of hydrogen-bond acceptors (Lipinski definition) is 8. The summed E-state index contributed by atoms with van der Waals surface area (Å²) in [7, 11) is 0. The predicted molar refractivity (Wildman–Crippen MR) is 168 cm³/mol. The number of carbonyl (C=O) groups excluding carboxylic acids is 1. The fraction of sp³-hybridized carbons (Fsp3) is 0.250. The van der Waals surface area contributed by atoms with Gasteiger partial charge in [0.1, 0.15) is 11.5 Å². The Morgan fingerprint density at radius 1 is 1.02 bits per heavy atom. The molecule has 0 spiro atoms. The Kier molecular flexibility index (Phi) is 9.68. The van der Waals surface area contributed by atoms with Crippen LogP contribution in [0.2, 0.25) is 0 Å². The van der Waals surface area contributed by atoms with Crippen molar-refractivity contribution in [2.45, 2.75) is 38.3 Å². The number of aliphatic carboxylic acids is 1. The molecule has 45 heavy (non-hydrogen) atoms. The number of amides is 1. The van der Waals surface area contributed by atoms with E-state index in [1.165, 1.54) is 0 Å². The second-order valence-corrected chi connectivity index (χ2v) is 12.4. The quantitative estimate of drug-likeness (QED) is 0.180. The minimum atomic E-state index is -5.08. The molecule has 0 unspecified atom stereocenters. The lowest BCUT2D eigenvalue weighted by molar-refractivity contribution is -0.192. The second-order valence-electron chi connectivity index (χ2n) is 10.5. The van der Waals surface area contributed by atoms with E-state index in [0.29, 0.717) is 12.3 Å². The van der Waals surface area contributed by atoms with Crippen LogP contribution in [0.25, 0.3) is 33.6 Å². The highest BCUT2D eigenvalue weighted by Crippen LogP contribution is 2.39. The summed E-state index contributed by atoms with van der Waals surface area (Å²) in [6.45, 7) is 3.49. The van der Waals surface area contributed by atoms with E-state index < -0.39 is 12.1 Å². The Labute approximate surface area is 264 Å². The van der Waals surface area contributed by atoms with Crippen LogP contribution in [0.4, 0.5) is 18.9 Å². The van der Waals surface area contributed by atoms with Gasteiger partial charge in [-0.2, -0.15) is 13.2 Å². The summed E-state index contributed by atoms with van der Waals surface area (Å²) in [4.78, 5) is 29.8. The van der Waals surface area contributed by atoms with E-state index in [2.05, 4.69) is 28.7 Å². The fourth-order valence-electron chi connectivity index (χ4n) is 5.03. The molecule has 1 aliphatic heterocycles. The van der Waals surface area contributed by atoms with Crippen LogP contribution >= 0.6 is 22.7 Å². The van der Waals surface area contributed by atoms with Gasteiger partial charge in [0, 0.05) is 40.5 Å². The number of thiazole rings is 1. The molecule has 0 radical (unpaired) electrons. The first-order chi connectivity index (χ1) is 21.5. The Bertz CT molecular complexity index is 1760. The first-order valence-corrected chi connectivity index (χ1v) is 15.7. The summed E-state index contributed by atoms with van der Waals surface area (Å²) >= 11 is 3.33. The average Bonchev–Trinajstić information content (AvgIpc) is 3.79. The van der Waals surface area contributed by atoms with E-state index in [9.17, 15) is 18.0 Å². The number of carbonyl (C=O) groups is 2. The minimum absolute atomic E-state index is 0.219. The Morgan fingerprint density at radius 3 is 2.36 bits per heavy atom. The van der Waals surface area contributed by atoms with Crippen LogP contribution in [0, 0.1) is 6.92 Å². The van der Waals surface area contributed by atoms with Crippen molar-refractivity contribution in [3.05, 3.63) is 87.1 Å². The molecular weight excluding hydrogens is 626 g/mol. The van der Waals surface area contributed by atoms with E-state index in [-0.39, 0.29) is 5.91 Å². The third-order valence-electron chi connectivity index (χ3n) is 7.37. The molecule has 1 saturated heterocycles. The molecule has 1 fully saturated rings. The maximum atomic E-state index is 12.7. The summed E-state index contributed by atoms with van der Waals surface area (Å²) in [6.07, 6.45) is -2.72. The number of thiophene rings is 1.